The second-order valence-corrected chi connectivity index (χ2v) is 6.23. The van der Waals surface area contributed by atoms with Gasteiger partial charge in [0, 0.05) is 12.6 Å². The van der Waals surface area contributed by atoms with E-state index in [0.29, 0.717) is 11.5 Å². The normalized spacial score (nSPS) is 11.7. The molecule has 0 heterocycles. The number of aryl methyl sites for hydroxylation is 1. The van der Waals surface area contributed by atoms with Crippen LogP contribution in [0.4, 0.5) is 0 Å². The zero-order valence-corrected chi connectivity index (χ0v) is 16.5. The Morgan fingerprint density at radius 2 is 1.71 bits per heavy atom. The first-order chi connectivity index (χ1) is 13.4. The third kappa shape index (κ3) is 6.16. The number of carbonyl (C=O) groups excluding carboxylic acids is 2. The standard InChI is InChI=1S/C22H25NO5/c1-15-5-7-17(8-6-15)10-12-21(24)28-16(2)22(25)23-14-18-9-11-19(26-3)20(13-18)27-4/h5-13,16H,14H2,1-4H3,(H,23,25)/b12-10+/t16-/m1/s1. The average molecular weight is 383 g/mol. The molecule has 2 aromatic carbocycles. The van der Waals surface area contributed by atoms with Crippen LogP contribution in [0, 0.1) is 6.92 Å². The fraction of sp³-hybridized carbons (Fsp3) is 0.273. The highest BCUT2D eigenvalue weighted by molar-refractivity contribution is 5.90. The molecule has 0 aliphatic heterocycles. The predicted octanol–water partition coefficient (Wildman–Crippen LogP) is 3.27. The van der Waals surface area contributed by atoms with Gasteiger partial charge in [-0.1, -0.05) is 35.9 Å². The summed E-state index contributed by atoms with van der Waals surface area (Å²) in [4.78, 5) is 24.1. The number of ether oxygens (including phenoxy) is 3. The first-order valence-electron chi connectivity index (χ1n) is 8.87. The van der Waals surface area contributed by atoms with E-state index in [2.05, 4.69) is 5.32 Å². The number of methoxy groups -OCH3 is 2. The van der Waals surface area contributed by atoms with Gasteiger partial charge in [-0.05, 0) is 43.2 Å². The van der Waals surface area contributed by atoms with E-state index < -0.39 is 12.1 Å². The first kappa shape index (κ1) is 21.0. The number of amides is 1. The zero-order chi connectivity index (χ0) is 20.5. The molecule has 0 radical (unpaired) electrons. The molecule has 0 fully saturated rings. The van der Waals surface area contributed by atoms with Crippen LogP contribution in [-0.4, -0.2) is 32.2 Å². The van der Waals surface area contributed by atoms with Crippen LogP contribution in [0.3, 0.4) is 0 Å². The molecule has 1 atom stereocenters. The van der Waals surface area contributed by atoms with Gasteiger partial charge in [0.05, 0.1) is 14.2 Å². The zero-order valence-electron chi connectivity index (χ0n) is 16.5. The molecule has 1 amide bonds. The number of benzene rings is 2. The van der Waals surface area contributed by atoms with E-state index >= 15 is 0 Å². The number of hydrogen-bond donors (Lipinski definition) is 1. The molecule has 28 heavy (non-hydrogen) atoms. The van der Waals surface area contributed by atoms with Crippen molar-refractivity contribution in [2.75, 3.05) is 14.2 Å². The van der Waals surface area contributed by atoms with Crippen molar-refractivity contribution >= 4 is 18.0 Å². The fourth-order valence-electron chi connectivity index (χ4n) is 2.43. The molecule has 0 saturated carbocycles. The molecule has 148 valence electrons. The van der Waals surface area contributed by atoms with Crippen LogP contribution in [-0.2, 0) is 20.9 Å². The summed E-state index contributed by atoms with van der Waals surface area (Å²) >= 11 is 0. The predicted molar refractivity (Wildman–Crippen MR) is 107 cm³/mol. The Bertz CT molecular complexity index is 843. The highest BCUT2D eigenvalue weighted by Crippen LogP contribution is 2.27. The van der Waals surface area contributed by atoms with Crippen LogP contribution >= 0.6 is 0 Å². The molecule has 0 spiro atoms. The summed E-state index contributed by atoms with van der Waals surface area (Å²) in [6, 6.07) is 13.1. The second kappa shape index (κ2) is 10.2. The summed E-state index contributed by atoms with van der Waals surface area (Å²) in [5.74, 6) is 0.233. The molecule has 0 unspecified atom stereocenters. The van der Waals surface area contributed by atoms with Gasteiger partial charge in [-0.15, -0.1) is 0 Å². The molecular weight excluding hydrogens is 358 g/mol. The highest BCUT2D eigenvalue weighted by Gasteiger charge is 2.16. The lowest BCUT2D eigenvalue weighted by Gasteiger charge is -2.13. The van der Waals surface area contributed by atoms with E-state index in [4.69, 9.17) is 14.2 Å². The number of hydrogen-bond acceptors (Lipinski definition) is 5. The minimum absolute atomic E-state index is 0.278. The fourth-order valence-corrected chi connectivity index (χ4v) is 2.43. The van der Waals surface area contributed by atoms with E-state index in [1.165, 1.54) is 13.0 Å². The van der Waals surface area contributed by atoms with Crippen molar-refractivity contribution in [1.29, 1.82) is 0 Å². The van der Waals surface area contributed by atoms with Gasteiger partial charge in [0.1, 0.15) is 0 Å². The van der Waals surface area contributed by atoms with Crippen molar-refractivity contribution in [2.45, 2.75) is 26.5 Å². The summed E-state index contributed by atoms with van der Waals surface area (Å²) in [6.07, 6.45) is 2.05. The highest BCUT2D eigenvalue weighted by atomic mass is 16.5. The van der Waals surface area contributed by atoms with Crippen molar-refractivity contribution in [2.24, 2.45) is 0 Å². The molecule has 2 rings (SSSR count). The molecule has 1 N–H and O–H groups in total. The largest absolute Gasteiger partial charge is 0.493 e. The monoisotopic (exact) mass is 383 g/mol. The van der Waals surface area contributed by atoms with Gasteiger partial charge >= 0.3 is 5.97 Å². The lowest BCUT2D eigenvalue weighted by molar-refractivity contribution is -0.150. The van der Waals surface area contributed by atoms with Gasteiger partial charge in [0.2, 0.25) is 0 Å². The molecule has 0 saturated heterocycles. The van der Waals surface area contributed by atoms with E-state index in [0.717, 1.165) is 16.7 Å². The Kier molecular flexibility index (Phi) is 7.63. The van der Waals surface area contributed by atoms with E-state index in [1.54, 1.807) is 32.4 Å². The Hall–Kier alpha value is -3.28. The molecular formula is C22H25NO5. The van der Waals surface area contributed by atoms with Gasteiger partial charge in [-0.2, -0.15) is 0 Å². The Morgan fingerprint density at radius 3 is 2.36 bits per heavy atom. The summed E-state index contributed by atoms with van der Waals surface area (Å²) in [6.45, 7) is 3.80. The van der Waals surface area contributed by atoms with Crippen LogP contribution in [0.5, 0.6) is 11.5 Å². The van der Waals surface area contributed by atoms with E-state index in [9.17, 15) is 9.59 Å². The average Bonchev–Trinajstić information content (AvgIpc) is 2.71. The van der Waals surface area contributed by atoms with Gasteiger partial charge in [0.15, 0.2) is 17.6 Å². The second-order valence-electron chi connectivity index (χ2n) is 6.23. The van der Waals surface area contributed by atoms with Gasteiger partial charge in [-0.3, -0.25) is 4.79 Å². The Morgan fingerprint density at radius 1 is 1.04 bits per heavy atom. The Balaban J connectivity index is 1.85. The van der Waals surface area contributed by atoms with Crippen molar-refractivity contribution < 1.29 is 23.8 Å². The molecule has 0 aromatic heterocycles. The number of nitrogens with one attached hydrogen (secondary N) is 1. The third-order valence-corrected chi connectivity index (χ3v) is 4.07. The molecule has 0 bridgehead atoms. The maximum absolute atomic E-state index is 12.2. The lowest BCUT2D eigenvalue weighted by atomic mass is 10.1. The van der Waals surface area contributed by atoms with Crippen LogP contribution in [0.25, 0.3) is 6.08 Å². The van der Waals surface area contributed by atoms with Crippen LogP contribution in [0.1, 0.15) is 23.6 Å². The maximum atomic E-state index is 12.2. The van der Waals surface area contributed by atoms with Crippen LogP contribution in [0.2, 0.25) is 0 Å². The topological polar surface area (TPSA) is 73.9 Å². The van der Waals surface area contributed by atoms with Gasteiger partial charge in [-0.25, -0.2) is 4.79 Å². The summed E-state index contributed by atoms with van der Waals surface area (Å²) in [7, 11) is 3.11. The molecule has 6 nitrogen and oxygen atoms in total. The number of rotatable bonds is 8. The quantitative estimate of drug-likeness (QED) is 0.559. The summed E-state index contributed by atoms with van der Waals surface area (Å²) in [5.41, 5.74) is 2.86. The van der Waals surface area contributed by atoms with Crippen LogP contribution in [0.15, 0.2) is 48.5 Å². The summed E-state index contributed by atoms with van der Waals surface area (Å²) < 4.78 is 15.6. The SMILES string of the molecule is COc1ccc(CNC(=O)[C@@H](C)OC(=O)/C=C/c2ccc(C)cc2)cc1OC. The minimum atomic E-state index is -0.907. The molecule has 6 heteroatoms. The maximum Gasteiger partial charge on any atom is 0.331 e. The van der Waals surface area contributed by atoms with E-state index in [-0.39, 0.29) is 12.5 Å². The van der Waals surface area contributed by atoms with Crippen molar-refractivity contribution in [3.05, 3.63) is 65.2 Å². The van der Waals surface area contributed by atoms with Gasteiger partial charge < -0.3 is 19.5 Å². The minimum Gasteiger partial charge on any atom is -0.493 e. The third-order valence-electron chi connectivity index (χ3n) is 4.07. The Labute approximate surface area is 165 Å². The van der Waals surface area contributed by atoms with Crippen LogP contribution < -0.4 is 14.8 Å². The van der Waals surface area contributed by atoms with Gasteiger partial charge in [0.25, 0.3) is 5.91 Å². The molecule has 0 aliphatic carbocycles. The number of esters is 1. The van der Waals surface area contributed by atoms with E-state index in [1.807, 2.05) is 37.3 Å². The number of carbonyl (C=O) groups is 2. The lowest BCUT2D eigenvalue weighted by Crippen LogP contribution is -2.35. The van der Waals surface area contributed by atoms with Crippen molar-refractivity contribution in [3.8, 4) is 11.5 Å². The van der Waals surface area contributed by atoms with Crippen molar-refractivity contribution in [3.63, 3.8) is 0 Å². The smallest absolute Gasteiger partial charge is 0.331 e. The molecule has 0 aliphatic rings. The molecule has 2 aromatic rings. The first-order valence-corrected chi connectivity index (χ1v) is 8.87. The summed E-state index contributed by atoms with van der Waals surface area (Å²) in [5, 5.41) is 2.74. The van der Waals surface area contributed by atoms with Crippen molar-refractivity contribution in [1.82, 2.24) is 5.32 Å².